The maximum Gasteiger partial charge on any atom is 0.218 e. The van der Waals surface area contributed by atoms with Gasteiger partial charge in [-0.3, -0.25) is 0 Å². The van der Waals surface area contributed by atoms with E-state index < -0.39 is 0 Å². The van der Waals surface area contributed by atoms with Gasteiger partial charge in [-0.1, -0.05) is 6.07 Å². The van der Waals surface area contributed by atoms with Crippen LogP contribution in [0.5, 0.6) is 5.88 Å². The predicted octanol–water partition coefficient (Wildman–Crippen LogP) is 2.15. The first-order valence-electron chi connectivity index (χ1n) is 5.56. The summed E-state index contributed by atoms with van der Waals surface area (Å²) in [6.45, 7) is 2.93. The van der Waals surface area contributed by atoms with Crippen molar-refractivity contribution in [3.8, 4) is 5.88 Å². The van der Waals surface area contributed by atoms with Crippen LogP contribution in [-0.2, 0) is 0 Å². The van der Waals surface area contributed by atoms with Gasteiger partial charge in [0.2, 0.25) is 5.88 Å². The fourth-order valence-electron chi connectivity index (χ4n) is 1.49. The van der Waals surface area contributed by atoms with Crippen LogP contribution in [0.25, 0.3) is 0 Å². The molecule has 1 saturated carbocycles. The molecule has 1 aromatic rings. The first kappa shape index (κ1) is 10.4. The standard InChI is InChI=1S/C12H18N2O/c1-9(13-2)11-4-3-7-14-12(11)15-8-10-5-6-10/h3-4,7,9-10,13H,5-6,8H2,1-2H3. The van der Waals surface area contributed by atoms with Crippen molar-refractivity contribution in [2.24, 2.45) is 5.92 Å². The number of nitrogens with one attached hydrogen (secondary N) is 1. The molecule has 1 aliphatic rings. The van der Waals surface area contributed by atoms with Crippen molar-refractivity contribution in [2.45, 2.75) is 25.8 Å². The molecule has 1 atom stereocenters. The van der Waals surface area contributed by atoms with E-state index in [0.29, 0.717) is 0 Å². The van der Waals surface area contributed by atoms with Crippen LogP contribution in [0.3, 0.4) is 0 Å². The highest BCUT2D eigenvalue weighted by molar-refractivity contribution is 5.28. The second-order valence-corrected chi connectivity index (χ2v) is 4.16. The summed E-state index contributed by atoms with van der Waals surface area (Å²) in [5.41, 5.74) is 1.14. The molecule has 1 unspecified atom stereocenters. The van der Waals surface area contributed by atoms with Gasteiger partial charge in [-0.2, -0.15) is 0 Å². The lowest BCUT2D eigenvalue weighted by molar-refractivity contribution is 0.283. The molecule has 0 saturated heterocycles. The zero-order valence-electron chi connectivity index (χ0n) is 9.36. The van der Waals surface area contributed by atoms with Gasteiger partial charge < -0.3 is 10.1 Å². The maximum absolute atomic E-state index is 5.73. The Bertz CT molecular complexity index is 323. The largest absolute Gasteiger partial charge is 0.477 e. The predicted molar refractivity (Wildman–Crippen MR) is 59.9 cm³/mol. The Morgan fingerprint density at radius 1 is 1.60 bits per heavy atom. The maximum atomic E-state index is 5.73. The molecule has 1 heterocycles. The van der Waals surface area contributed by atoms with Crippen molar-refractivity contribution in [1.29, 1.82) is 0 Å². The zero-order chi connectivity index (χ0) is 10.7. The van der Waals surface area contributed by atoms with Gasteiger partial charge in [-0.15, -0.1) is 0 Å². The minimum absolute atomic E-state index is 0.285. The van der Waals surface area contributed by atoms with Crippen molar-refractivity contribution in [1.82, 2.24) is 10.3 Å². The number of aromatic nitrogens is 1. The lowest BCUT2D eigenvalue weighted by Gasteiger charge is -2.14. The summed E-state index contributed by atoms with van der Waals surface area (Å²) < 4.78 is 5.73. The average Bonchev–Trinajstić information content (AvgIpc) is 3.09. The average molecular weight is 206 g/mol. The van der Waals surface area contributed by atoms with Gasteiger partial charge in [0.25, 0.3) is 0 Å². The van der Waals surface area contributed by atoms with Crippen LogP contribution in [-0.4, -0.2) is 18.6 Å². The molecule has 1 aliphatic carbocycles. The number of rotatable bonds is 5. The summed E-state index contributed by atoms with van der Waals surface area (Å²) in [7, 11) is 1.95. The molecule has 3 heteroatoms. The third-order valence-electron chi connectivity index (χ3n) is 2.85. The molecule has 1 N–H and O–H groups in total. The first-order chi connectivity index (χ1) is 7.31. The van der Waals surface area contributed by atoms with Crippen molar-refractivity contribution < 1.29 is 4.74 Å². The molecule has 0 radical (unpaired) electrons. The second-order valence-electron chi connectivity index (χ2n) is 4.16. The van der Waals surface area contributed by atoms with Crippen LogP contribution < -0.4 is 10.1 Å². The van der Waals surface area contributed by atoms with Crippen molar-refractivity contribution in [3.63, 3.8) is 0 Å². The van der Waals surface area contributed by atoms with E-state index in [1.54, 1.807) is 6.20 Å². The molecule has 2 rings (SSSR count). The minimum Gasteiger partial charge on any atom is -0.477 e. The van der Waals surface area contributed by atoms with Crippen LogP contribution in [0.15, 0.2) is 18.3 Å². The van der Waals surface area contributed by atoms with Gasteiger partial charge in [0, 0.05) is 17.8 Å². The summed E-state index contributed by atoms with van der Waals surface area (Å²) in [4.78, 5) is 4.29. The monoisotopic (exact) mass is 206 g/mol. The smallest absolute Gasteiger partial charge is 0.218 e. The highest BCUT2D eigenvalue weighted by atomic mass is 16.5. The molecule has 0 spiro atoms. The Balaban J connectivity index is 2.05. The van der Waals surface area contributed by atoms with E-state index in [0.717, 1.165) is 24.0 Å². The normalized spacial score (nSPS) is 17.5. The summed E-state index contributed by atoms with van der Waals surface area (Å²) >= 11 is 0. The van der Waals surface area contributed by atoms with Crippen molar-refractivity contribution >= 4 is 0 Å². The van der Waals surface area contributed by atoms with E-state index in [-0.39, 0.29) is 6.04 Å². The van der Waals surface area contributed by atoms with Crippen LogP contribution in [0.2, 0.25) is 0 Å². The van der Waals surface area contributed by atoms with Crippen molar-refractivity contribution in [2.75, 3.05) is 13.7 Å². The molecular formula is C12H18N2O. The van der Waals surface area contributed by atoms with Gasteiger partial charge in [-0.05, 0) is 38.8 Å². The van der Waals surface area contributed by atoms with Crippen LogP contribution in [0.4, 0.5) is 0 Å². The summed E-state index contributed by atoms with van der Waals surface area (Å²) in [5, 5.41) is 3.20. The molecule has 0 aliphatic heterocycles. The quantitative estimate of drug-likeness (QED) is 0.801. The Kier molecular flexibility index (Phi) is 3.21. The molecule has 15 heavy (non-hydrogen) atoms. The number of hydrogen-bond acceptors (Lipinski definition) is 3. The highest BCUT2D eigenvalue weighted by Crippen LogP contribution is 2.30. The fourth-order valence-corrected chi connectivity index (χ4v) is 1.49. The van der Waals surface area contributed by atoms with Gasteiger partial charge in [0.15, 0.2) is 0 Å². The molecule has 82 valence electrons. The fraction of sp³-hybridized carbons (Fsp3) is 0.583. The van der Waals surface area contributed by atoms with E-state index in [4.69, 9.17) is 4.74 Å². The Morgan fingerprint density at radius 3 is 3.07 bits per heavy atom. The molecule has 0 bridgehead atoms. The second kappa shape index (κ2) is 4.62. The molecule has 3 nitrogen and oxygen atoms in total. The molecular weight excluding hydrogens is 188 g/mol. The van der Waals surface area contributed by atoms with Gasteiger partial charge in [0.1, 0.15) is 0 Å². The number of pyridine rings is 1. The van der Waals surface area contributed by atoms with E-state index in [9.17, 15) is 0 Å². The Hall–Kier alpha value is -1.09. The third-order valence-corrected chi connectivity index (χ3v) is 2.85. The Labute approximate surface area is 90.9 Å². The van der Waals surface area contributed by atoms with Crippen molar-refractivity contribution in [3.05, 3.63) is 23.9 Å². The minimum atomic E-state index is 0.285. The summed E-state index contributed by atoms with van der Waals surface area (Å²) in [6, 6.07) is 4.30. The van der Waals surface area contributed by atoms with Gasteiger partial charge >= 0.3 is 0 Å². The molecule has 0 aromatic carbocycles. The molecule has 0 amide bonds. The van der Waals surface area contributed by atoms with E-state index in [1.165, 1.54) is 12.8 Å². The summed E-state index contributed by atoms with van der Waals surface area (Å²) in [5.74, 6) is 1.55. The lowest BCUT2D eigenvalue weighted by atomic mass is 10.1. The third kappa shape index (κ3) is 2.69. The highest BCUT2D eigenvalue weighted by Gasteiger charge is 2.23. The Morgan fingerprint density at radius 2 is 2.40 bits per heavy atom. The van der Waals surface area contributed by atoms with E-state index >= 15 is 0 Å². The molecule has 1 aromatic heterocycles. The number of nitrogens with zero attached hydrogens (tertiary/aromatic N) is 1. The van der Waals surface area contributed by atoms with E-state index in [2.05, 4.69) is 23.3 Å². The van der Waals surface area contributed by atoms with Crippen LogP contribution >= 0.6 is 0 Å². The van der Waals surface area contributed by atoms with Gasteiger partial charge in [0.05, 0.1) is 6.61 Å². The lowest BCUT2D eigenvalue weighted by Crippen LogP contribution is -2.14. The first-order valence-corrected chi connectivity index (χ1v) is 5.56. The van der Waals surface area contributed by atoms with Gasteiger partial charge in [-0.25, -0.2) is 4.98 Å². The topological polar surface area (TPSA) is 34.2 Å². The van der Waals surface area contributed by atoms with Crippen LogP contribution in [0.1, 0.15) is 31.4 Å². The number of hydrogen-bond donors (Lipinski definition) is 1. The SMILES string of the molecule is CNC(C)c1cccnc1OCC1CC1. The summed E-state index contributed by atoms with van der Waals surface area (Å²) in [6.07, 6.45) is 4.40. The zero-order valence-corrected chi connectivity index (χ0v) is 9.36. The van der Waals surface area contributed by atoms with Crippen LogP contribution in [0, 0.1) is 5.92 Å². The van der Waals surface area contributed by atoms with E-state index in [1.807, 2.05) is 13.1 Å². The molecule has 1 fully saturated rings. The number of ether oxygens (including phenoxy) is 1.